The lowest BCUT2D eigenvalue weighted by atomic mass is 10.0. The van der Waals surface area contributed by atoms with Crippen LogP contribution in [0.2, 0.25) is 5.02 Å². The second kappa shape index (κ2) is 9.83. The minimum atomic E-state index is -0.303. The molecule has 0 spiro atoms. The summed E-state index contributed by atoms with van der Waals surface area (Å²) in [4.78, 5) is 31.1. The van der Waals surface area contributed by atoms with Crippen LogP contribution in [0.25, 0.3) is 11.1 Å². The smallest absolute Gasteiger partial charge is 0.208 e. The summed E-state index contributed by atoms with van der Waals surface area (Å²) in [6.45, 7) is 5.71. The normalized spacial score (nSPS) is 10.6. The molecule has 0 unspecified atom stereocenters. The number of aromatic amines is 2. The van der Waals surface area contributed by atoms with Gasteiger partial charge in [-0.1, -0.05) is 44.2 Å². The van der Waals surface area contributed by atoms with E-state index in [2.05, 4.69) is 16.9 Å². The van der Waals surface area contributed by atoms with Crippen molar-refractivity contribution in [3.63, 3.8) is 0 Å². The van der Waals surface area contributed by atoms with Gasteiger partial charge >= 0.3 is 0 Å². The first kappa shape index (κ1) is 21.5. The van der Waals surface area contributed by atoms with E-state index in [1.165, 1.54) is 25.7 Å². The van der Waals surface area contributed by atoms with E-state index < -0.39 is 0 Å². The van der Waals surface area contributed by atoms with Crippen LogP contribution in [-0.2, 0) is 6.42 Å². The van der Waals surface area contributed by atoms with Crippen LogP contribution < -0.4 is 10.9 Å². The third-order valence-electron chi connectivity index (χ3n) is 4.30. The molecular formula is C19H26Cl2N2O2. The Balaban J connectivity index is 0.00000312. The fourth-order valence-corrected chi connectivity index (χ4v) is 3.09. The van der Waals surface area contributed by atoms with Gasteiger partial charge in [-0.3, -0.25) is 9.59 Å². The molecule has 138 valence electrons. The number of nitrogens with one attached hydrogen (secondary N) is 2. The standard InChI is InChI=1S/C19H25ClN2O2.ClH/c1-4-5-6-7-8-9-14-10-16(23)15(11-21-14)17-12(2)22-13(3)18(20)19(17)24;/h10-11H,4-9H2,1-3H3,(H,21,23)(H,22,24);1H. The summed E-state index contributed by atoms with van der Waals surface area (Å²) in [5.41, 5.74) is 2.44. The molecule has 2 aromatic rings. The minimum absolute atomic E-state index is 0. The molecule has 0 saturated heterocycles. The van der Waals surface area contributed by atoms with Crippen molar-refractivity contribution in [2.75, 3.05) is 0 Å². The zero-order chi connectivity index (χ0) is 17.7. The highest BCUT2D eigenvalue weighted by atomic mass is 35.5. The molecule has 2 heterocycles. The zero-order valence-corrected chi connectivity index (χ0v) is 16.6. The largest absolute Gasteiger partial charge is 0.364 e. The molecule has 0 saturated carbocycles. The molecule has 0 aliphatic heterocycles. The summed E-state index contributed by atoms with van der Waals surface area (Å²) in [7, 11) is 0. The number of aryl methyl sites for hydroxylation is 3. The highest BCUT2D eigenvalue weighted by molar-refractivity contribution is 6.31. The predicted octanol–water partition coefficient (Wildman–Crippen LogP) is 4.94. The Labute approximate surface area is 159 Å². The van der Waals surface area contributed by atoms with Crippen molar-refractivity contribution in [2.45, 2.75) is 59.3 Å². The fraction of sp³-hybridized carbons (Fsp3) is 0.474. The van der Waals surface area contributed by atoms with Crippen LogP contribution in [0.4, 0.5) is 0 Å². The Morgan fingerprint density at radius 1 is 1.04 bits per heavy atom. The Morgan fingerprint density at radius 2 is 1.72 bits per heavy atom. The van der Waals surface area contributed by atoms with Crippen molar-refractivity contribution >= 4 is 24.0 Å². The highest BCUT2D eigenvalue weighted by Gasteiger charge is 2.15. The number of pyridine rings is 2. The summed E-state index contributed by atoms with van der Waals surface area (Å²) >= 11 is 6.04. The van der Waals surface area contributed by atoms with Crippen molar-refractivity contribution in [1.82, 2.24) is 9.97 Å². The van der Waals surface area contributed by atoms with E-state index in [4.69, 9.17) is 11.6 Å². The number of hydrogen-bond acceptors (Lipinski definition) is 2. The summed E-state index contributed by atoms with van der Waals surface area (Å²) < 4.78 is 0. The first-order chi connectivity index (χ1) is 11.5. The van der Waals surface area contributed by atoms with Crippen LogP contribution in [0.1, 0.15) is 56.1 Å². The van der Waals surface area contributed by atoms with Crippen LogP contribution in [0, 0.1) is 13.8 Å². The molecule has 0 amide bonds. The summed E-state index contributed by atoms with van der Waals surface area (Å²) in [6.07, 6.45) is 8.42. The van der Waals surface area contributed by atoms with Gasteiger partial charge in [0, 0.05) is 29.3 Å². The lowest BCUT2D eigenvalue weighted by Gasteiger charge is -2.09. The molecular weight excluding hydrogens is 359 g/mol. The zero-order valence-electron chi connectivity index (χ0n) is 15.0. The van der Waals surface area contributed by atoms with E-state index in [9.17, 15) is 9.59 Å². The number of halogens is 2. The molecule has 0 fully saturated rings. The Bertz CT molecular complexity index is 825. The van der Waals surface area contributed by atoms with Gasteiger partial charge in [0.05, 0.1) is 11.1 Å². The molecule has 6 heteroatoms. The topological polar surface area (TPSA) is 65.7 Å². The van der Waals surface area contributed by atoms with Crippen molar-refractivity contribution in [3.05, 3.63) is 54.8 Å². The molecule has 0 atom stereocenters. The van der Waals surface area contributed by atoms with Gasteiger partial charge in [-0.15, -0.1) is 12.4 Å². The number of hydrogen-bond donors (Lipinski definition) is 2. The number of H-pyrrole nitrogens is 2. The van der Waals surface area contributed by atoms with E-state index in [1.54, 1.807) is 26.1 Å². The third kappa shape index (κ3) is 5.23. The molecule has 2 rings (SSSR count). The lowest BCUT2D eigenvalue weighted by molar-refractivity contribution is 0.628. The van der Waals surface area contributed by atoms with E-state index >= 15 is 0 Å². The average molecular weight is 385 g/mol. The summed E-state index contributed by atoms with van der Waals surface area (Å²) in [5, 5.41) is 0.134. The van der Waals surface area contributed by atoms with E-state index in [0.717, 1.165) is 18.5 Å². The summed E-state index contributed by atoms with van der Waals surface area (Å²) in [6, 6.07) is 1.60. The molecule has 25 heavy (non-hydrogen) atoms. The van der Waals surface area contributed by atoms with Gasteiger partial charge in [0.25, 0.3) is 0 Å². The number of unbranched alkanes of at least 4 members (excludes halogenated alkanes) is 4. The maximum absolute atomic E-state index is 12.5. The van der Waals surface area contributed by atoms with Crippen LogP contribution in [0.3, 0.4) is 0 Å². The molecule has 2 aromatic heterocycles. The van der Waals surface area contributed by atoms with Gasteiger partial charge in [-0.05, 0) is 26.7 Å². The van der Waals surface area contributed by atoms with Gasteiger partial charge in [-0.25, -0.2) is 0 Å². The molecule has 4 nitrogen and oxygen atoms in total. The van der Waals surface area contributed by atoms with Gasteiger partial charge in [0.2, 0.25) is 5.43 Å². The first-order valence-corrected chi connectivity index (χ1v) is 8.94. The van der Waals surface area contributed by atoms with E-state index in [1.807, 2.05) is 0 Å². The molecule has 0 aromatic carbocycles. The van der Waals surface area contributed by atoms with Crippen LogP contribution in [0.15, 0.2) is 21.9 Å². The average Bonchev–Trinajstić information content (AvgIpc) is 2.54. The van der Waals surface area contributed by atoms with E-state index in [0.29, 0.717) is 22.5 Å². The molecule has 0 aliphatic rings. The summed E-state index contributed by atoms with van der Waals surface area (Å²) in [5.74, 6) is 0. The van der Waals surface area contributed by atoms with Gasteiger partial charge in [0.1, 0.15) is 5.02 Å². The quantitative estimate of drug-likeness (QED) is 0.664. The van der Waals surface area contributed by atoms with Gasteiger partial charge in [-0.2, -0.15) is 0 Å². The molecule has 0 bridgehead atoms. The van der Waals surface area contributed by atoms with Gasteiger partial charge in [0.15, 0.2) is 5.43 Å². The third-order valence-corrected chi connectivity index (χ3v) is 4.75. The van der Waals surface area contributed by atoms with E-state index in [-0.39, 0.29) is 28.3 Å². The SMILES string of the molecule is CCCCCCCc1cc(=O)c(-c2c(C)[nH]c(C)c(Cl)c2=O)c[nH]1.Cl. The number of rotatable bonds is 7. The number of aromatic nitrogens is 2. The Kier molecular flexibility index (Phi) is 8.46. The Hall–Kier alpha value is -1.52. The van der Waals surface area contributed by atoms with Crippen molar-refractivity contribution in [1.29, 1.82) is 0 Å². The second-order valence-electron chi connectivity index (χ2n) is 6.29. The molecule has 0 aliphatic carbocycles. The first-order valence-electron chi connectivity index (χ1n) is 8.56. The fourth-order valence-electron chi connectivity index (χ4n) is 2.95. The van der Waals surface area contributed by atoms with Gasteiger partial charge < -0.3 is 9.97 Å². The lowest BCUT2D eigenvalue weighted by Crippen LogP contribution is -2.17. The van der Waals surface area contributed by atoms with Crippen molar-refractivity contribution < 1.29 is 0 Å². The van der Waals surface area contributed by atoms with Crippen LogP contribution >= 0.6 is 24.0 Å². The maximum Gasteiger partial charge on any atom is 0.208 e. The second-order valence-corrected chi connectivity index (χ2v) is 6.67. The van der Waals surface area contributed by atoms with Crippen LogP contribution in [0.5, 0.6) is 0 Å². The highest BCUT2D eigenvalue weighted by Crippen LogP contribution is 2.19. The maximum atomic E-state index is 12.5. The predicted molar refractivity (Wildman–Crippen MR) is 107 cm³/mol. The molecule has 0 radical (unpaired) electrons. The molecule has 2 N–H and O–H groups in total. The Morgan fingerprint density at radius 3 is 2.36 bits per heavy atom. The van der Waals surface area contributed by atoms with Crippen molar-refractivity contribution in [3.8, 4) is 11.1 Å². The minimum Gasteiger partial charge on any atom is -0.364 e. The van der Waals surface area contributed by atoms with Crippen LogP contribution in [-0.4, -0.2) is 9.97 Å². The monoisotopic (exact) mass is 384 g/mol. The van der Waals surface area contributed by atoms with Crippen molar-refractivity contribution in [2.24, 2.45) is 0 Å².